The topological polar surface area (TPSA) is 50.9 Å². The fourth-order valence-corrected chi connectivity index (χ4v) is 5.69. The first kappa shape index (κ1) is 26.7. The zero-order chi connectivity index (χ0) is 27.2. The van der Waals surface area contributed by atoms with Crippen LogP contribution in [0.5, 0.6) is 5.75 Å². The maximum Gasteiger partial charge on any atom is 0.146 e. The number of fused-ring (bicyclic) bond motifs is 3. The van der Waals surface area contributed by atoms with Crippen LogP contribution in [0.2, 0.25) is 0 Å². The standard InChI is InChI=1S/C36H26N3O.Pt/c1-23-10-7-11-24(2)35(23)27-21-25(28-12-4-6-17-33(28)40)20-26(22-27)31-15-8-18-34(38-31)39-32-16-5-3-13-29(32)30-14-9-19-37-36(30)39;/h3-19,21-22,40H,1-2H3;/q-1;. The number of aromatic nitrogens is 3. The van der Waals surface area contributed by atoms with E-state index in [0.29, 0.717) is 0 Å². The molecule has 0 aliphatic heterocycles. The van der Waals surface area contributed by atoms with Gasteiger partial charge in [0.25, 0.3) is 0 Å². The van der Waals surface area contributed by atoms with Gasteiger partial charge in [-0.2, -0.15) is 0 Å². The molecule has 3 heterocycles. The first-order valence-electron chi connectivity index (χ1n) is 13.3. The van der Waals surface area contributed by atoms with E-state index in [4.69, 9.17) is 9.97 Å². The molecular formula is C36H26N3OPt-. The number of hydrogen-bond acceptors (Lipinski definition) is 3. The maximum atomic E-state index is 10.7. The fraction of sp³-hybridized carbons (Fsp3) is 0.0556. The van der Waals surface area contributed by atoms with Crippen LogP contribution in [-0.4, -0.2) is 19.6 Å². The minimum absolute atomic E-state index is 0. The number of aryl methyl sites for hydroxylation is 2. The van der Waals surface area contributed by atoms with Crippen LogP contribution in [0.25, 0.3) is 61.3 Å². The van der Waals surface area contributed by atoms with Crippen LogP contribution >= 0.6 is 0 Å². The Hall–Kier alpha value is -4.53. The first-order chi connectivity index (χ1) is 19.6. The Morgan fingerprint density at radius 3 is 2.24 bits per heavy atom. The molecule has 0 aliphatic rings. The summed E-state index contributed by atoms with van der Waals surface area (Å²) in [6, 6.07) is 40.0. The van der Waals surface area contributed by atoms with Crippen LogP contribution in [0.15, 0.2) is 115 Å². The first-order valence-corrected chi connectivity index (χ1v) is 13.3. The van der Waals surface area contributed by atoms with E-state index in [1.54, 1.807) is 6.07 Å². The molecule has 1 N–H and O–H groups in total. The Morgan fingerprint density at radius 1 is 0.707 bits per heavy atom. The van der Waals surface area contributed by atoms with Crippen molar-refractivity contribution in [3.8, 4) is 45.1 Å². The number of para-hydroxylation sites is 2. The molecule has 0 saturated carbocycles. The summed E-state index contributed by atoms with van der Waals surface area (Å²) < 4.78 is 2.12. The van der Waals surface area contributed by atoms with Crippen molar-refractivity contribution in [2.75, 3.05) is 0 Å². The Balaban J connectivity index is 0.00000302. The molecule has 7 rings (SSSR count). The summed E-state index contributed by atoms with van der Waals surface area (Å²) in [5, 5.41) is 13.0. The molecule has 0 saturated heterocycles. The zero-order valence-electron chi connectivity index (χ0n) is 22.6. The molecule has 4 nitrogen and oxygen atoms in total. The van der Waals surface area contributed by atoms with E-state index < -0.39 is 0 Å². The van der Waals surface area contributed by atoms with Crippen LogP contribution in [0.4, 0.5) is 0 Å². The molecule has 3 aromatic heterocycles. The van der Waals surface area contributed by atoms with E-state index in [2.05, 4.69) is 79.1 Å². The van der Waals surface area contributed by atoms with Gasteiger partial charge in [-0.25, -0.2) is 4.98 Å². The third-order valence-electron chi connectivity index (χ3n) is 7.51. The van der Waals surface area contributed by atoms with Gasteiger partial charge in [0.05, 0.1) is 11.3 Å². The molecule has 4 aromatic carbocycles. The fourth-order valence-electron chi connectivity index (χ4n) is 5.69. The van der Waals surface area contributed by atoms with Gasteiger partial charge in [-0.15, -0.1) is 23.8 Å². The minimum Gasteiger partial charge on any atom is -0.515 e. The molecule has 41 heavy (non-hydrogen) atoms. The van der Waals surface area contributed by atoms with Gasteiger partial charge in [0.1, 0.15) is 11.5 Å². The number of phenolic OH excluding ortho intramolecular Hbond substituents is 1. The smallest absolute Gasteiger partial charge is 0.146 e. The molecule has 0 bridgehead atoms. The Morgan fingerprint density at radius 2 is 1.41 bits per heavy atom. The third-order valence-corrected chi connectivity index (χ3v) is 7.51. The second-order valence-corrected chi connectivity index (χ2v) is 10.1. The molecule has 0 fully saturated rings. The van der Waals surface area contributed by atoms with Crippen molar-refractivity contribution in [3.05, 3.63) is 133 Å². The quantitative estimate of drug-likeness (QED) is 0.186. The summed E-state index contributed by atoms with van der Waals surface area (Å²) in [6.07, 6.45) is 1.82. The second kappa shape index (κ2) is 10.8. The molecule has 0 radical (unpaired) electrons. The molecule has 0 spiro atoms. The number of aromatic hydroxyl groups is 1. The number of benzene rings is 4. The molecular weight excluding hydrogens is 685 g/mol. The number of phenols is 1. The van der Waals surface area contributed by atoms with E-state index in [1.807, 2.05) is 54.7 Å². The van der Waals surface area contributed by atoms with Crippen molar-refractivity contribution >= 4 is 21.9 Å². The van der Waals surface area contributed by atoms with Gasteiger partial charge in [-0.1, -0.05) is 77.9 Å². The molecule has 0 amide bonds. The van der Waals surface area contributed by atoms with Crippen molar-refractivity contribution in [2.24, 2.45) is 0 Å². The molecule has 0 unspecified atom stereocenters. The van der Waals surface area contributed by atoms with Gasteiger partial charge in [0.15, 0.2) is 0 Å². The summed E-state index contributed by atoms with van der Waals surface area (Å²) in [5.74, 6) is 1.01. The molecule has 5 heteroatoms. The zero-order valence-corrected chi connectivity index (χ0v) is 24.8. The summed E-state index contributed by atoms with van der Waals surface area (Å²) in [7, 11) is 0. The van der Waals surface area contributed by atoms with Gasteiger partial charge in [0, 0.05) is 43.7 Å². The van der Waals surface area contributed by atoms with Crippen molar-refractivity contribution in [3.63, 3.8) is 0 Å². The Labute approximate surface area is 253 Å². The van der Waals surface area contributed by atoms with Crippen LogP contribution in [-0.2, 0) is 21.1 Å². The maximum absolute atomic E-state index is 10.7. The predicted octanol–water partition coefficient (Wildman–Crippen LogP) is 8.69. The van der Waals surface area contributed by atoms with E-state index in [1.165, 1.54) is 16.7 Å². The second-order valence-electron chi connectivity index (χ2n) is 10.1. The van der Waals surface area contributed by atoms with Gasteiger partial charge in [0.2, 0.25) is 0 Å². The van der Waals surface area contributed by atoms with Gasteiger partial charge in [-0.3, -0.25) is 9.55 Å². The molecule has 0 aliphatic carbocycles. The van der Waals surface area contributed by atoms with E-state index in [0.717, 1.165) is 55.7 Å². The Kier molecular flexibility index (Phi) is 7.03. The molecule has 0 atom stereocenters. The average Bonchev–Trinajstić information content (AvgIpc) is 3.32. The van der Waals surface area contributed by atoms with Gasteiger partial charge in [-0.05, 0) is 66.4 Å². The number of hydrogen-bond donors (Lipinski definition) is 1. The number of nitrogens with zero attached hydrogens (tertiary/aromatic N) is 3. The van der Waals surface area contributed by atoms with E-state index >= 15 is 0 Å². The SMILES string of the molecule is Cc1cccc(C)c1-c1cc(-c2cccc(-n3c4ccccc4c4cccnc43)n2)[c-]c(-c2ccccc2O)c1.[Pt]. The van der Waals surface area contributed by atoms with E-state index in [9.17, 15) is 5.11 Å². The van der Waals surface area contributed by atoms with Crippen molar-refractivity contribution in [1.29, 1.82) is 0 Å². The number of rotatable bonds is 4. The summed E-state index contributed by atoms with van der Waals surface area (Å²) in [4.78, 5) is 9.87. The minimum atomic E-state index is 0. The summed E-state index contributed by atoms with van der Waals surface area (Å²) in [6.45, 7) is 4.26. The van der Waals surface area contributed by atoms with Crippen LogP contribution in [0, 0.1) is 19.9 Å². The average molecular weight is 712 g/mol. The van der Waals surface area contributed by atoms with Crippen molar-refractivity contribution < 1.29 is 26.2 Å². The van der Waals surface area contributed by atoms with Crippen molar-refractivity contribution in [2.45, 2.75) is 13.8 Å². The molecule has 7 aromatic rings. The monoisotopic (exact) mass is 711 g/mol. The Bertz CT molecular complexity index is 1990. The predicted molar refractivity (Wildman–Crippen MR) is 163 cm³/mol. The summed E-state index contributed by atoms with van der Waals surface area (Å²) in [5.41, 5.74) is 9.76. The third kappa shape index (κ3) is 4.65. The summed E-state index contributed by atoms with van der Waals surface area (Å²) >= 11 is 0. The largest absolute Gasteiger partial charge is 0.515 e. The normalized spacial score (nSPS) is 11.1. The molecule has 202 valence electrons. The van der Waals surface area contributed by atoms with Crippen LogP contribution in [0.1, 0.15) is 11.1 Å². The van der Waals surface area contributed by atoms with Crippen LogP contribution in [0.3, 0.4) is 0 Å². The van der Waals surface area contributed by atoms with Crippen molar-refractivity contribution in [1.82, 2.24) is 14.5 Å². The van der Waals surface area contributed by atoms with Crippen LogP contribution < -0.4 is 0 Å². The number of pyridine rings is 2. The van der Waals surface area contributed by atoms with Gasteiger partial charge >= 0.3 is 0 Å². The van der Waals surface area contributed by atoms with E-state index in [-0.39, 0.29) is 26.8 Å². The van der Waals surface area contributed by atoms with Gasteiger partial charge < -0.3 is 5.11 Å².